The number of fused-ring (bicyclic) bond motifs is 3. The molecule has 2 aliphatic rings. The Morgan fingerprint density at radius 3 is 2.56 bits per heavy atom. The molecule has 9 heteroatoms. The number of benzene rings is 1. The fourth-order valence-electron chi connectivity index (χ4n) is 6.23. The molecule has 3 N–H and O–H groups in total. The quantitative estimate of drug-likeness (QED) is 0.456. The number of nitrogens with zero attached hydrogens (tertiary/aromatic N) is 2. The van der Waals surface area contributed by atoms with E-state index in [0.29, 0.717) is 17.2 Å². The Hall–Kier alpha value is -2.75. The molecule has 2 bridgehead atoms. The molecule has 5 rings (SSSR count). The minimum atomic E-state index is -3.76. The molecule has 1 aromatic carbocycles. The van der Waals surface area contributed by atoms with Crippen LogP contribution in [0.3, 0.4) is 0 Å². The summed E-state index contributed by atoms with van der Waals surface area (Å²) in [6.07, 6.45) is 6.89. The van der Waals surface area contributed by atoms with E-state index in [1.54, 1.807) is 19.2 Å². The van der Waals surface area contributed by atoms with Crippen LogP contribution in [0.1, 0.15) is 65.5 Å². The Morgan fingerprint density at radius 1 is 1.17 bits per heavy atom. The Balaban J connectivity index is 1.49. The monoisotopic (exact) mass is 510 g/mol. The van der Waals surface area contributed by atoms with Gasteiger partial charge >= 0.3 is 0 Å². The number of aromatic nitrogens is 2. The van der Waals surface area contributed by atoms with Crippen LogP contribution in [-0.2, 0) is 40.8 Å². The molecule has 2 aromatic heterocycles. The molecule has 192 valence electrons. The van der Waals surface area contributed by atoms with Gasteiger partial charge in [0, 0.05) is 19.3 Å². The van der Waals surface area contributed by atoms with E-state index in [0.717, 1.165) is 47.0 Å². The van der Waals surface area contributed by atoms with Crippen molar-refractivity contribution in [3.63, 3.8) is 0 Å². The summed E-state index contributed by atoms with van der Waals surface area (Å²) in [4.78, 5) is 13.7. The topological polar surface area (TPSA) is 116 Å². The number of sulfonamides is 1. The molecule has 0 saturated heterocycles. The largest absolute Gasteiger partial charge is 0.378 e. The highest BCUT2D eigenvalue weighted by atomic mass is 32.2. The van der Waals surface area contributed by atoms with Crippen molar-refractivity contribution < 1.29 is 17.9 Å². The first-order chi connectivity index (χ1) is 17.3. The van der Waals surface area contributed by atoms with E-state index >= 15 is 0 Å². The number of rotatable bonds is 9. The van der Waals surface area contributed by atoms with Crippen LogP contribution in [0.4, 0.5) is 0 Å². The van der Waals surface area contributed by atoms with Crippen LogP contribution in [0.5, 0.6) is 0 Å². The van der Waals surface area contributed by atoms with Crippen LogP contribution in [0.2, 0.25) is 0 Å². The van der Waals surface area contributed by atoms with Crippen molar-refractivity contribution in [3.8, 4) is 0 Å². The van der Waals surface area contributed by atoms with Gasteiger partial charge in [-0.2, -0.15) is 5.10 Å². The van der Waals surface area contributed by atoms with Crippen molar-refractivity contribution in [1.82, 2.24) is 14.9 Å². The molecule has 0 spiro atoms. The summed E-state index contributed by atoms with van der Waals surface area (Å²) in [5.74, 6) is 1.96. The normalized spacial score (nSPS) is 21.4. The molecular weight excluding hydrogens is 476 g/mol. The van der Waals surface area contributed by atoms with Crippen molar-refractivity contribution in [2.24, 2.45) is 22.9 Å². The highest BCUT2D eigenvalue weighted by Gasteiger charge is 2.40. The third-order valence-corrected chi connectivity index (χ3v) is 8.91. The average molecular weight is 511 g/mol. The van der Waals surface area contributed by atoms with E-state index in [1.165, 1.54) is 37.8 Å². The van der Waals surface area contributed by atoms with Gasteiger partial charge in [-0.05, 0) is 85.3 Å². The Labute approximate surface area is 212 Å². The molecule has 8 nitrogen and oxygen atoms in total. The minimum Gasteiger partial charge on any atom is -0.378 e. The number of hydrogen-bond acceptors (Lipinski definition) is 5. The first-order valence-electron chi connectivity index (χ1n) is 12.7. The predicted octanol–water partition coefficient (Wildman–Crippen LogP) is 3.60. The van der Waals surface area contributed by atoms with E-state index in [2.05, 4.69) is 24.4 Å². The zero-order valence-electron chi connectivity index (χ0n) is 20.9. The van der Waals surface area contributed by atoms with Gasteiger partial charge in [0.2, 0.25) is 10.0 Å². The van der Waals surface area contributed by atoms with Crippen molar-refractivity contribution >= 4 is 21.4 Å². The number of methoxy groups -OCH3 is 1. The van der Waals surface area contributed by atoms with Gasteiger partial charge in [-0.15, -0.1) is 0 Å². The molecule has 3 unspecified atom stereocenters. The van der Waals surface area contributed by atoms with E-state index in [9.17, 15) is 13.2 Å². The van der Waals surface area contributed by atoms with Crippen LogP contribution < -0.4 is 10.5 Å². The summed E-state index contributed by atoms with van der Waals surface area (Å²) < 4.78 is 30.5. The standard InChI is InChI=1S/C27H34N4O4S/c1-3-21-8-11-25-23(14-20-13-18-4-7-19(20)12-18)26(24(16-35-2)30-31(21)25)27(32)29-15-17-5-9-22(10-6-17)36(28,33)34/h5-6,8-11,18-20H,3-4,7,12-16H2,1-2H3,(H,29,32)(H2,28,33,34). The van der Waals surface area contributed by atoms with Crippen LogP contribution >= 0.6 is 0 Å². The second kappa shape index (κ2) is 9.95. The molecular formula is C27H34N4O4S. The zero-order chi connectivity index (χ0) is 25.4. The lowest BCUT2D eigenvalue weighted by molar-refractivity contribution is 0.0943. The molecule has 0 aliphatic heterocycles. The average Bonchev–Trinajstić information content (AvgIpc) is 3.58. The van der Waals surface area contributed by atoms with Crippen molar-refractivity contribution in [2.45, 2.75) is 63.5 Å². The molecule has 36 heavy (non-hydrogen) atoms. The summed E-state index contributed by atoms with van der Waals surface area (Å²) in [6, 6.07) is 10.4. The first-order valence-corrected chi connectivity index (χ1v) is 14.2. The number of primary sulfonamides is 1. The van der Waals surface area contributed by atoms with Crippen molar-refractivity contribution in [1.29, 1.82) is 0 Å². The van der Waals surface area contributed by atoms with E-state index < -0.39 is 10.0 Å². The zero-order valence-corrected chi connectivity index (χ0v) is 21.7. The molecule has 3 aromatic rings. The van der Waals surface area contributed by atoms with Crippen LogP contribution in [0.25, 0.3) is 5.52 Å². The number of nitrogens with one attached hydrogen (secondary N) is 1. The summed E-state index contributed by atoms with van der Waals surface area (Å²) >= 11 is 0. The van der Waals surface area contributed by atoms with Gasteiger partial charge in [0.15, 0.2) is 0 Å². The summed E-state index contributed by atoms with van der Waals surface area (Å²) in [7, 11) is -2.14. The third kappa shape index (κ3) is 4.79. The number of carbonyl (C=O) groups excluding carboxylic acids is 1. The maximum Gasteiger partial charge on any atom is 0.253 e. The lowest BCUT2D eigenvalue weighted by atomic mass is 9.83. The molecule has 2 saturated carbocycles. The number of amides is 1. The summed E-state index contributed by atoms with van der Waals surface area (Å²) in [6.45, 7) is 2.61. The fourth-order valence-corrected chi connectivity index (χ4v) is 6.74. The second-order valence-electron chi connectivity index (χ2n) is 10.2. The summed E-state index contributed by atoms with van der Waals surface area (Å²) in [5, 5.41) is 13.1. The SMILES string of the molecule is CCc1ccc2c(CC3CC4CCC3C4)c(C(=O)NCc3ccc(S(N)(=O)=O)cc3)c(COC)nn12. The van der Waals surface area contributed by atoms with Gasteiger partial charge in [-0.25, -0.2) is 18.1 Å². The predicted molar refractivity (Wildman–Crippen MR) is 137 cm³/mol. The van der Waals surface area contributed by atoms with Crippen LogP contribution in [-0.4, -0.2) is 31.0 Å². The smallest absolute Gasteiger partial charge is 0.253 e. The lowest BCUT2D eigenvalue weighted by Gasteiger charge is -2.24. The lowest BCUT2D eigenvalue weighted by Crippen LogP contribution is -2.28. The number of aryl methyl sites for hydroxylation is 1. The van der Waals surface area contributed by atoms with Crippen molar-refractivity contribution in [3.05, 3.63) is 64.5 Å². The molecule has 2 aliphatic carbocycles. The van der Waals surface area contributed by atoms with E-state index in [-0.39, 0.29) is 24.0 Å². The molecule has 3 atom stereocenters. The third-order valence-electron chi connectivity index (χ3n) is 7.98. The highest BCUT2D eigenvalue weighted by molar-refractivity contribution is 7.89. The highest BCUT2D eigenvalue weighted by Crippen LogP contribution is 2.50. The fraction of sp³-hybridized carbons (Fsp3) is 0.481. The second-order valence-corrected chi connectivity index (χ2v) is 11.8. The van der Waals surface area contributed by atoms with E-state index in [4.69, 9.17) is 15.0 Å². The maximum atomic E-state index is 13.7. The van der Waals surface area contributed by atoms with Gasteiger partial charge < -0.3 is 10.1 Å². The van der Waals surface area contributed by atoms with Crippen LogP contribution in [0, 0.1) is 17.8 Å². The van der Waals surface area contributed by atoms with Gasteiger partial charge in [0.05, 0.1) is 22.6 Å². The van der Waals surface area contributed by atoms with Crippen molar-refractivity contribution in [2.75, 3.05) is 7.11 Å². The van der Waals surface area contributed by atoms with Gasteiger partial charge in [0.1, 0.15) is 5.69 Å². The molecule has 2 heterocycles. The molecule has 2 fully saturated rings. The number of ether oxygens (including phenoxy) is 1. The Kier molecular flexibility index (Phi) is 6.89. The Bertz CT molecular complexity index is 1380. The van der Waals surface area contributed by atoms with Gasteiger partial charge in [-0.1, -0.05) is 25.5 Å². The Morgan fingerprint density at radius 2 is 1.94 bits per heavy atom. The van der Waals surface area contributed by atoms with Gasteiger partial charge in [-0.3, -0.25) is 4.79 Å². The van der Waals surface area contributed by atoms with Crippen LogP contribution in [0.15, 0.2) is 41.3 Å². The first kappa shape index (κ1) is 24.9. The molecule has 0 radical (unpaired) electrons. The van der Waals surface area contributed by atoms with Gasteiger partial charge in [0.25, 0.3) is 5.91 Å². The minimum absolute atomic E-state index is 0.0442. The number of nitrogens with two attached hydrogens (primary N) is 1. The molecule has 1 amide bonds. The maximum absolute atomic E-state index is 13.7. The summed E-state index contributed by atoms with van der Waals surface area (Å²) in [5.41, 5.74) is 5.18. The number of carbonyl (C=O) groups is 1. The van der Waals surface area contributed by atoms with E-state index in [1.807, 2.05) is 4.52 Å². The number of hydrogen-bond donors (Lipinski definition) is 2.